The van der Waals surface area contributed by atoms with Crippen LogP contribution in [0.5, 0.6) is 0 Å². The van der Waals surface area contributed by atoms with E-state index in [1.165, 1.54) is 0 Å². The first-order chi connectivity index (χ1) is 14.5. The van der Waals surface area contributed by atoms with Crippen LogP contribution in [0.4, 0.5) is 0 Å². The largest absolute Gasteiger partial charge is 0.271 e. The minimum Gasteiger partial charge on any atom is -0.271 e. The molecule has 30 heavy (non-hydrogen) atoms. The summed E-state index contributed by atoms with van der Waals surface area (Å²) in [6.07, 6.45) is 3.37. The van der Waals surface area contributed by atoms with E-state index in [2.05, 4.69) is 25.9 Å². The molecule has 3 heterocycles. The van der Waals surface area contributed by atoms with Gasteiger partial charge in [0.1, 0.15) is 6.54 Å². The Labute approximate surface area is 172 Å². The van der Waals surface area contributed by atoms with Crippen molar-refractivity contribution in [2.24, 2.45) is 0 Å². The molecule has 0 aliphatic carbocycles. The number of amides is 2. The minimum absolute atomic E-state index is 0.0119. The molecule has 4 aromatic rings. The lowest BCUT2D eigenvalue weighted by Crippen LogP contribution is -2.43. The number of carbonyl (C=O) groups excluding carboxylic acids is 2. The van der Waals surface area contributed by atoms with Gasteiger partial charge < -0.3 is 0 Å². The highest BCUT2D eigenvalue weighted by Gasteiger charge is 2.15. The van der Waals surface area contributed by atoms with Crippen molar-refractivity contribution in [3.8, 4) is 11.3 Å². The van der Waals surface area contributed by atoms with Crippen LogP contribution in [0.1, 0.15) is 21.7 Å². The number of aryl methyl sites for hydroxylation is 2. The van der Waals surface area contributed by atoms with E-state index in [9.17, 15) is 9.59 Å². The second-order valence-corrected chi connectivity index (χ2v) is 6.90. The van der Waals surface area contributed by atoms with Crippen molar-refractivity contribution in [2.75, 3.05) is 0 Å². The van der Waals surface area contributed by atoms with Crippen molar-refractivity contribution in [3.05, 3.63) is 77.9 Å². The standard InChI is InChI=1S/C22H20N6O2/c1-14-10-15(2)28(27-14)13-21(29)25-26-22(30)18-11-20(16-6-5-9-23-12-16)24-19-8-4-3-7-17(18)19/h3-12H,13H2,1-2H3,(H,25,29)(H,26,30). The second kappa shape index (κ2) is 8.12. The summed E-state index contributed by atoms with van der Waals surface area (Å²) < 4.78 is 1.58. The monoisotopic (exact) mass is 400 g/mol. The van der Waals surface area contributed by atoms with E-state index < -0.39 is 5.91 Å². The van der Waals surface area contributed by atoms with Crippen molar-refractivity contribution >= 4 is 22.7 Å². The quantitative estimate of drug-likeness (QED) is 0.513. The molecule has 0 fully saturated rings. The summed E-state index contributed by atoms with van der Waals surface area (Å²) in [5, 5.41) is 4.94. The molecule has 0 radical (unpaired) electrons. The van der Waals surface area contributed by atoms with E-state index >= 15 is 0 Å². The first kappa shape index (κ1) is 19.3. The van der Waals surface area contributed by atoms with Crippen LogP contribution in [-0.2, 0) is 11.3 Å². The van der Waals surface area contributed by atoms with Gasteiger partial charge in [0.2, 0.25) is 0 Å². The van der Waals surface area contributed by atoms with E-state index in [0.717, 1.165) is 17.0 Å². The Morgan fingerprint density at radius 2 is 1.87 bits per heavy atom. The van der Waals surface area contributed by atoms with Crippen LogP contribution in [0.3, 0.4) is 0 Å². The van der Waals surface area contributed by atoms with E-state index in [0.29, 0.717) is 22.2 Å². The van der Waals surface area contributed by atoms with Crippen LogP contribution in [0.15, 0.2) is 60.9 Å². The predicted octanol–water partition coefficient (Wildman–Crippen LogP) is 2.57. The maximum atomic E-state index is 12.9. The van der Waals surface area contributed by atoms with Crippen LogP contribution in [-0.4, -0.2) is 31.6 Å². The van der Waals surface area contributed by atoms with Crippen molar-refractivity contribution in [1.29, 1.82) is 0 Å². The molecule has 3 aromatic heterocycles. The molecule has 2 N–H and O–H groups in total. The van der Waals surface area contributed by atoms with Gasteiger partial charge in [0.05, 0.1) is 22.5 Å². The molecule has 0 saturated heterocycles. The lowest BCUT2D eigenvalue weighted by molar-refractivity contribution is -0.122. The molecule has 0 bridgehead atoms. The lowest BCUT2D eigenvalue weighted by Gasteiger charge is -2.11. The number of nitrogens with one attached hydrogen (secondary N) is 2. The summed E-state index contributed by atoms with van der Waals surface area (Å²) >= 11 is 0. The SMILES string of the molecule is Cc1cc(C)n(CC(=O)NNC(=O)c2cc(-c3cccnc3)nc3ccccc23)n1. The van der Waals surface area contributed by atoms with Gasteiger partial charge in [-0.15, -0.1) is 0 Å². The molecule has 0 spiro atoms. The fourth-order valence-corrected chi connectivity index (χ4v) is 3.23. The normalized spacial score (nSPS) is 10.7. The molecule has 2 amide bonds. The maximum absolute atomic E-state index is 12.9. The Morgan fingerprint density at radius 3 is 2.60 bits per heavy atom. The Morgan fingerprint density at radius 1 is 1.03 bits per heavy atom. The summed E-state index contributed by atoms with van der Waals surface area (Å²) in [4.78, 5) is 33.9. The van der Waals surface area contributed by atoms with Crippen LogP contribution >= 0.6 is 0 Å². The number of benzene rings is 1. The topological polar surface area (TPSA) is 102 Å². The Kier molecular flexibility index (Phi) is 5.21. The highest BCUT2D eigenvalue weighted by atomic mass is 16.2. The molecule has 0 unspecified atom stereocenters. The van der Waals surface area contributed by atoms with E-state index in [-0.39, 0.29) is 12.5 Å². The van der Waals surface area contributed by atoms with Gasteiger partial charge in [0.15, 0.2) is 0 Å². The summed E-state index contributed by atoms with van der Waals surface area (Å²) in [6, 6.07) is 14.6. The Balaban J connectivity index is 1.56. The third-order valence-electron chi connectivity index (χ3n) is 4.63. The smallest absolute Gasteiger partial charge is 0.270 e. The highest BCUT2D eigenvalue weighted by molar-refractivity contribution is 6.07. The molecule has 1 aromatic carbocycles. The molecule has 150 valence electrons. The third kappa shape index (κ3) is 4.02. The average molecular weight is 400 g/mol. The van der Waals surface area contributed by atoms with Crippen molar-refractivity contribution in [3.63, 3.8) is 0 Å². The molecule has 0 aliphatic rings. The number of hydrogen-bond acceptors (Lipinski definition) is 5. The molecule has 0 aliphatic heterocycles. The van der Waals surface area contributed by atoms with Gasteiger partial charge in [0, 0.05) is 29.0 Å². The van der Waals surface area contributed by atoms with Gasteiger partial charge in [-0.05, 0) is 44.2 Å². The number of fused-ring (bicyclic) bond motifs is 1. The van der Waals surface area contributed by atoms with E-state index in [1.54, 1.807) is 23.1 Å². The first-order valence-electron chi connectivity index (χ1n) is 9.41. The molecular formula is C22H20N6O2. The molecular weight excluding hydrogens is 380 g/mol. The van der Waals surface area contributed by atoms with Gasteiger partial charge >= 0.3 is 0 Å². The summed E-state index contributed by atoms with van der Waals surface area (Å²) in [6.45, 7) is 3.74. The van der Waals surface area contributed by atoms with Gasteiger partial charge in [0.25, 0.3) is 11.8 Å². The summed E-state index contributed by atoms with van der Waals surface area (Å²) in [7, 11) is 0. The Hall–Kier alpha value is -4.07. The number of para-hydroxylation sites is 1. The molecule has 0 saturated carbocycles. The van der Waals surface area contributed by atoms with Crippen LogP contribution in [0.2, 0.25) is 0 Å². The zero-order valence-corrected chi connectivity index (χ0v) is 16.6. The van der Waals surface area contributed by atoms with Crippen molar-refractivity contribution in [1.82, 2.24) is 30.6 Å². The van der Waals surface area contributed by atoms with Gasteiger partial charge in [-0.2, -0.15) is 5.10 Å². The first-order valence-corrected chi connectivity index (χ1v) is 9.41. The van der Waals surface area contributed by atoms with E-state index in [4.69, 9.17) is 0 Å². The number of hydrogen-bond donors (Lipinski definition) is 2. The fraction of sp³-hybridized carbons (Fsp3) is 0.136. The van der Waals surface area contributed by atoms with Gasteiger partial charge in [-0.3, -0.25) is 30.1 Å². The van der Waals surface area contributed by atoms with Crippen molar-refractivity contribution in [2.45, 2.75) is 20.4 Å². The second-order valence-electron chi connectivity index (χ2n) is 6.90. The van der Waals surface area contributed by atoms with Gasteiger partial charge in [-0.1, -0.05) is 18.2 Å². The Bertz CT molecular complexity index is 1230. The summed E-state index contributed by atoms with van der Waals surface area (Å²) in [5.74, 6) is -0.805. The van der Waals surface area contributed by atoms with Crippen LogP contribution in [0.25, 0.3) is 22.2 Å². The number of carbonyl (C=O) groups is 2. The number of aromatic nitrogens is 4. The van der Waals surface area contributed by atoms with Crippen molar-refractivity contribution < 1.29 is 9.59 Å². The number of nitrogens with zero attached hydrogens (tertiary/aromatic N) is 4. The van der Waals surface area contributed by atoms with Gasteiger partial charge in [-0.25, -0.2) is 4.98 Å². The van der Waals surface area contributed by atoms with Crippen LogP contribution in [0, 0.1) is 13.8 Å². The molecule has 4 rings (SSSR count). The number of pyridine rings is 2. The zero-order chi connectivity index (χ0) is 21.1. The van der Waals surface area contributed by atoms with E-state index in [1.807, 2.05) is 56.3 Å². The zero-order valence-electron chi connectivity index (χ0n) is 16.6. The summed E-state index contributed by atoms with van der Waals surface area (Å²) in [5.41, 5.74) is 9.16. The maximum Gasteiger partial charge on any atom is 0.270 e. The molecule has 0 atom stereocenters. The average Bonchev–Trinajstić information content (AvgIpc) is 3.08. The molecule has 8 heteroatoms. The lowest BCUT2D eigenvalue weighted by atomic mass is 10.0. The fourth-order valence-electron chi connectivity index (χ4n) is 3.23. The number of hydrazine groups is 1. The highest BCUT2D eigenvalue weighted by Crippen LogP contribution is 2.24. The minimum atomic E-state index is -0.430. The molecule has 8 nitrogen and oxygen atoms in total. The number of rotatable bonds is 4. The third-order valence-corrected chi connectivity index (χ3v) is 4.63. The van der Waals surface area contributed by atoms with Crippen LogP contribution < -0.4 is 10.9 Å². The predicted molar refractivity (Wildman–Crippen MR) is 112 cm³/mol.